The van der Waals surface area contributed by atoms with Gasteiger partial charge in [-0.15, -0.1) is 0 Å². The van der Waals surface area contributed by atoms with E-state index in [1.807, 2.05) is 31.2 Å². The van der Waals surface area contributed by atoms with Crippen LogP contribution in [-0.2, 0) is 0 Å². The molecular weight excluding hydrogens is 202 g/mol. The van der Waals surface area contributed by atoms with E-state index in [0.717, 1.165) is 11.3 Å². The van der Waals surface area contributed by atoms with Crippen LogP contribution in [0.2, 0.25) is 0 Å². The van der Waals surface area contributed by atoms with Crippen molar-refractivity contribution in [1.29, 1.82) is 0 Å². The van der Waals surface area contributed by atoms with Gasteiger partial charge in [0, 0.05) is 17.4 Å². The third-order valence-corrected chi connectivity index (χ3v) is 2.15. The number of aromatic amines is 1. The number of aromatic nitrogens is 2. The Bertz CT molecular complexity index is 560. The number of anilines is 2. The second kappa shape index (κ2) is 4.18. The van der Waals surface area contributed by atoms with Crippen LogP contribution in [0.5, 0.6) is 0 Å². The number of rotatable bonds is 2. The molecule has 0 atom stereocenters. The van der Waals surface area contributed by atoms with Crippen molar-refractivity contribution in [2.45, 2.75) is 13.8 Å². The molecule has 0 saturated carbocycles. The minimum atomic E-state index is -0.150. The summed E-state index contributed by atoms with van der Waals surface area (Å²) in [5, 5.41) is 3.06. The Labute approximate surface area is 93.4 Å². The molecule has 0 aliphatic rings. The van der Waals surface area contributed by atoms with E-state index in [1.54, 1.807) is 6.92 Å². The molecule has 2 rings (SSSR count). The fourth-order valence-electron chi connectivity index (χ4n) is 1.50. The molecule has 2 aromatic rings. The second-order valence-corrected chi connectivity index (χ2v) is 3.73. The standard InChI is InChI=1S/C12H13N3O/c1-8-4-3-5-10(6-8)14-12-13-9(2)7-11(16)15-12/h3-7H,1-2H3,(H2,13,14,15,16). The monoisotopic (exact) mass is 215 g/mol. The lowest BCUT2D eigenvalue weighted by Crippen LogP contribution is -2.10. The molecule has 1 aromatic heterocycles. The predicted molar refractivity (Wildman–Crippen MR) is 64.1 cm³/mol. The van der Waals surface area contributed by atoms with Crippen LogP contribution in [0, 0.1) is 13.8 Å². The van der Waals surface area contributed by atoms with Crippen LogP contribution in [0.25, 0.3) is 0 Å². The summed E-state index contributed by atoms with van der Waals surface area (Å²) in [6.07, 6.45) is 0. The molecule has 0 aliphatic heterocycles. The van der Waals surface area contributed by atoms with Crippen LogP contribution in [0.1, 0.15) is 11.3 Å². The van der Waals surface area contributed by atoms with Gasteiger partial charge in [-0.3, -0.25) is 9.78 Å². The molecule has 1 heterocycles. The van der Waals surface area contributed by atoms with Crippen molar-refractivity contribution in [1.82, 2.24) is 9.97 Å². The summed E-state index contributed by atoms with van der Waals surface area (Å²) >= 11 is 0. The lowest BCUT2D eigenvalue weighted by Gasteiger charge is -2.06. The number of aryl methyl sites for hydroxylation is 2. The van der Waals surface area contributed by atoms with Gasteiger partial charge < -0.3 is 5.32 Å². The van der Waals surface area contributed by atoms with Crippen molar-refractivity contribution >= 4 is 11.6 Å². The average Bonchev–Trinajstić information content (AvgIpc) is 2.15. The number of hydrogen-bond acceptors (Lipinski definition) is 3. The van der Waals surface area contributed by atoms with Crippen LogP contribution in [0.4, 0.5) is 11.6 Å². The fraction of sp³-hybridized carbons (Fsp3) is 0.167. The topological polar surface area (TPSA) is 57.8 Å². The van der Waals surface area contributed by atoms with Crippen LogP contribution >= 0.6 is 0 Å². The molecule has 4 nitrogen and oxygen atoms in total. The van der Waals surface area contributed by atoms with E-state index in [1.165, 1.54) is 6.07 Å². The summed E-state index contributed by atoms with van der Waals surface area (Å²) in [6, 6.07) is 9.34. The van der Waals surface area contributed by atoms with Gasteiger partial charge in [0.15, 0.2) is 0 Å². The molecule has 0 bridgehead atoms. The number of nitrogens with zero attached hydrogens (tertiary/aromatic N) is 1. The Morgan fingerprint density at radius 1 is 1.25 bits per heavy atom. The maximum atomic E-state index is 11.2. The first-order valence-corrected chi connectivity index (χ1v) is 5.05. The van der Waals surface area contributed by atoms with Crippen molar-refractivity contribution in [3.05, 3.63) is 51.9 Å². The summed E-state index contributed by atoms with van der Waals surface area (Å²) in [5.74, 6) is 0.468. The van der Waals surface area contributed by atoms with Crippen LogP contribution < -0.4 is 10.9 Å². The largest absolute Gasteiger partial charge is 0.326 e. The maximum absolute atomic E-state index is 11.2. The van der Waals surface area contributed by atoms with E-state index in [0.29, 0.717) is 11.6 Å². The Morgan fingerprint density at radius 2 is 2.06 bits per heavy atom. The summed E-state index contributed by atoms with van der Waals surface area (Å²) < 4.78 is 0. The zero-order valence-corrected chi connectivity index (χ0v) is 9.24. The van der Waals surface area contributed by atoms with Crippen molar-refractivity contribution < 1.29 is 0 Å². The third-order valence-electron chi connectivity index (χ3n) is 2.15. The Kier molecular flexibility index (Phi) is 2.72. The summed E-state index contributed by atoms with van der Waals surface area (Å²) in [4.78, 5) is 18.1. The highest BCUT2D eigenvalue weighted by molar-refractivity contribution is 5.54. The summed E-state index contributed by atoms with van der Waals surface area (Å²) in [7, 11) is 0. The Hall–Kier alpha value is -2.10. The molecule has 82 valence electrons. The first-order chi connectivity index (χ1) is 7.63. The maximum Gasteiger partial charge on any atom is 0.252 e. The Morgan fingerprint density at radius 3 is 2.75 bits per heavy atom. The zero-order chi connectivity index (χ0) is 11.5. The highest BCUT2D eigenvalue weighted by atomic mass is 16.1. The van der Waals surface area contributed by atoms with Gasteiger partial charge in [0.05, 0.1) is 0 Å². The fourth-order valence-corrected chi connectivity index (χ4v) is 1.50. The minimum absolute atomic E-state index is 0.150. The van der Waals surface area contributed by atoms with Crippen molar-refractivity contribution in [3.63, 3.8) is 0 Å². The van der Waals surface area contributed by atoms with Crippen LogP contribution in [-0.4, -0.2) is 9.97 Å². The van der Waals surface area contributed by atoms with Crippen molar-refractivity contribution in [3.8, 4) is 0 Å². The van der Waals surface area contributed by atoms with Gasteiger partial charge in [-0.2, -0.15) is 0 Å². The molecular formula is C12H13N3O. The SMILES string of the molecule is Cc1cccc(Nc2nc(C)cc(=O)[nH]2)c1. The third kappa shape index (κ3) is 2.48. The molecule has 4 heteroatoms. The molecule has 0 spiro atoms. The highest BCUT2D eigenvalue weighted by Crippen LogP contribution is 2.13. The molecule has 2 N–H and O–H groups in total. The molecule has 0 aliphatic carbocycles. The van der Waals surface area contributed by atoms with E-state index < -0.39 is 0 Å². The molecule has 0 unspecified atom stereocenters. The molecule has 0 amide bonds. The molecule has 0 radical (unpaired) electrons. The van der Waals surface area contributed by atoms with Gasteiger partial charge in [0.1, 0.15) is 0 Å². The van der Waals surface area contributed by atoms with Gasteiger partial charge in [-0.05, 0) is 31.5 Å². The zero-order valence-electron chi connectivity index (χ0n) is 9.24. The minimum Gasteiger partial charge on any atom is -0.326 e. The van der Waals surface area contributed by atoms with E-state index in [4.69, 9.17) is 0 Å². The summed E-state index contributed by atoms with van der Waals surface area (Å²) in [5.41, 5.74) is 2.61. The number of H-pyrrole nitrogens is 1. The Balaban J connectivity index is 2.30. The number of nitrogens with one attached hydrogen (secondary N) is 2. The molecule has 0 saturated heterocycles. The molecule has 1 aromatic carbocycles. The van der Waals surface area contributed by atoms with Gasteiger partial charge in [-0.25, -0.2) is 4.98 Å². The predicted octanol–water partition coefficient (Wildman–Crippen LogP) is 2.13. The lowest BCUT2D eigenvalue weighted by atomic mass is 10.2. The first-order valence-electron chi connectivity index (χ1n) is 5.05. The van der Waals surface area contributed by atoms with Gasteiger partial charge in [-0.1, -0.05) is 12.1 Å². The lowest BCUT2D eigenvalue weighted by molar-refractivity contribution is 1.07. The van der Waals surface area contributed by atoms with Crippen LogP contribution in [0.3, 0.4) is 0 Å². The molecule has 16 heavy (non-hydrogen) atoms. The highest BCUT2D eigenvalue weighted by Gasteiger charge is 1.98. The average molecular weight is 215 g/mol. The molecule has 0 fully saturated rings. The summed E-state index contributed by atoms with van der Waals surface area (Å²) in [6.45, 7) is 3.80. The van der Waals surface area contributed by atoms with Crippen LogP contribution in [0.15, 0.2) is 35.1 Å². The van der Waals surface area contributed by atoms with Crippen molar-refractivity contribution in [2.75, 3.05) is 5.32 Å². The normalized spacial score (nSPS) is 10.1. The quantitative estimate of drug-likeness (QED) is 0.806. The van der Waals surface area contributed by atoms with Gasteiger partial charge in [0.25, 0.3) is 5.56 Å². The smallest absolute Gasteiger partial charge is 0.252 e. The van der Waals surface area contributed by atoms with E-state index in [9.17, 15) is 4.79 Å². The van der Waals surface area contributed by atoms with Gasteiger partial charge in [0.2, 0.25) is 5.95 Å². The van der Waals surface area contributed by atoms with E-state index in [2.05, 4.69) is 15.3 Å². The first kappa shape index (κ1) is 10.4. The second-order valence-electron chi connectivity index (χ2n) is 3.73. The van der Waals surface area contributed by atoms with Gasteiger partial charge >= 0.3 is 0 Å². The van der Waals surface area contributed by atoms with Crippen molar-refractivity contribution in [2.24, 2.45) is 0 Å². The van der Waals surface area contributed by atoms with E-state index in [-0.39, 0.29) is 5.56 Å². The van der Waals surface area contributed by atoms with E-state index >= 15 is 0 Å². The number of benzene rings is 1. The number of hydrogen-bond donors (Lipinski definition) is 2.